The minimum atomic E-state index is -4.45. The highest BCUT2D eigenvalue weighted by atomic mass is 19.4. The monoisotopic (exact) mass is 339 g/mol. The fourth-order valence-corrected chi connectivity index (χ4v) is 2.90. The molecule has 1 aromatic rings. The maximum Gasteiger partial charge on any atom is 0.416 e. The lowest BCUT2D eigenvalue weighted by Crippen LogP contribution is -2.46. The normalized spacial score (nSPS) is 21.3. The van der Waals surface area contributed by atoms with Crippen LogP contribution in [0.5, 0.6) is 0 Å². The van der Waals surface area contributed by atoms with Crippen molar-refractivity contribution in [1.29, 1.82) is 5.26 Å². The number of benzene rings is 1. The van der Waals surface area contributed by atoms with Gasteiger partial charge in [-0.15, -0.1) is 0 Å². The molecule has 0 unspecified atom stereocenters. The molecule has 0 saturated carbocycles. The Morgan fingerprint density at radius 1 is 1.38 bits per heavy atom. The van der Waals surface area contributed by atoms with E-state index in [2.05, 4.69) is 5.32 Å². The van der Waals surface area contributed by atoms with Gasteiger partial charge in [0.2, 0.25) is 11.8 Å². The minimum absolute atomic E-state index is 0.160. The van der Waals surface area contributed by atoms with Gasteiger partial charge in [-0.2, -0.15) is 18.4 Å². The fourth-order valence-electron chi connectivity index (χ4n) is 2.90. The van der Waals surface area contributed by atoms with Crippen LogP contribution in [0.2, 0.25) is 0 Å². The number of alkyl halides is 3. The number of rotatable bonds is 3. The lowest BCUT2D eigenvalue weighted by molar-refractivity contribution is -0.142. The standard InChI is InChI=1S/C16H16F3N3O2/c1-22-13(23)7-6-12(15(24)21-9-8-20)14(22)10-2-4-11(5-3-10)16(17,18)19/h2-5,12,14H,6-7,9H2,1H3,(H,21,24)/t12-,14+/m1/s1. The molecule has 1 saturated heterocycles. The second-order valence-electron chi connectivity index (χ2n) is 5.59. The van der Waals surface area contributed by atoms with Gasteiger partial charge in [0, 0.05) is 13.5 Å². The van der Waals surface area contributed by atoms with Gasteiger partial charge < -0.3 is 10.2 Å². The fraction of sp³-hybridized carbons (Fsp3) is 0.438. The molecule has 1 heterocycles. The zero-order chi connectivity index (χ0) is 17.9. The third-order valence-corrected chi connectivity index (χ3v) is 4.12. The number of likely N-dealkylation sites (tertiary alicyclic amines) is 1. The molecule has 0 aromatic heterocycles. The van der Waals surface area contributed by atoms with Crippen molar-refractivity contribution in [2.24, 2.45) is 5.92 Å². The number of piperidine rings is 1. The molecular formula is C16H16F3N3O2. The van der Waals surface area contributed by atoms with E-state index in [1.165, 1.54) is 24.1 Å². The first kappa shape index (κ1) is 17.8. The second kappa shape index (κ2) is 6.91. The summed E-state index contributed by atoms with van der Waals surface area (Å²) in [6.07, 6.45) is -3.99. The molecule has 2 rings (SSSR count). The van der Waals surface area contributed by atoms with E-state index in [4.69, 9.17) is 5.26 Å². The first-order valence-corrected chi connectivity index (χ1v) is 7.33. The summed E-state index contributed by atoms with van der Waals surface area (Å²) in [7, 11) is 1.52. The average molecular weight is 339 g/mol. The summed E-state index contributed by atoms with van der Waals surface area (Å²) in [5, 5.41) is 11.0. The number of hydrogen-bond donors (Lipinski definition) is 1. The van der Waals surface area contributed by atoms with Gasteiger partial charge in [-0.05, 0) is 24.1 Å². The SMILES string of the molecule is CN1C(=O)CC[C@@H](C(=O)NCC#N)[C@@H]1c1ccc(C(F)(F)F)cc1. The van der Waals surface area contributed by atoms with Crippen molar-refractivity contribution < 1.29 is 22.8 Å². The molecule has 2 atom stereocenters. The van der Waals surface area contributed by atoms with Crippen molar-refractivity contribution in [3.63, 3.8) is 0 Å². The van der Waals surface area contributed by atoms with E-state index < -0.39 is 23.7 Å². The first-order chi connectivity index (χ1) is 11.3. The molecule has 0 spiro atoms. The lowest BCUT2D eigenvalue weighted by Gasteiger charge is -2.38. The van der Waals surface area contributed by atoms with Crippen molar-refractivity contribution in [1.82, 2.24) is 10.2 Å². The Hall–Kier alpha value is -2.56. The van der Waals surface area contributed by atoms with Crippen LogP contribution >= 0.6 is 0 Å². The number of nitrogens with zero attached hydrogens (tertiary/aromatic N) is 2. The van der Waals surface area contributed by atoms with Gasteiger partial charge in [-0.1, -0.05) is 12.1 Å². The molecule has 1 aliphatic rings. The van der Waals surface area contributed by atoms with Crippen LogP contribution in [0.1, 0.15) is 30.0 Å². The Bertz CT molecular complexity index is 665. The van der Waals surface area contributed by atoms with Crippen LogP contribution in [0.25, 0.3) is 0 Å². The van der Waals surface area contributed by atoms with E-state index in [9.17, 15) is 22.8 Å². The molecule has 1 fully saturated rings. The second-order valence-corrected chi connectivity index (χ2v) is 5.59. The summed E-state index contributed by atoms with van der Waals surface area (Å²) in [5.74, 6) is -1.18. The van der Waals surface area contributed by atoms with Crippen LogP contribution in [0.4, 0.5) is 13.2 Å². The molecule has 5 nitrogen and oxygen atoms in total. The summed E-state index contributed by atoms with van der Waals surface area (Å²) in [4.78, 5) is 25.6. The van der Waals surface area contributed by atoms with E-state index >= 15 is 0 Å². The van der Waals surface area contributed by atoms with E-state index in [0.29, 0.717) is 5.56 Å². The molecule has 1 aliphatic heterocycles. The van der Waals surface area contributed by atoms with Gasteiger partial charge in [0.15, 0.2) is 0 Å². The third-order valence-electron chi connectivity index (χ3n) is 4.12. The smallest absolute Gasteiger partial charge is 0.343 e. The van der Waals surface area contributed by atoms with Crippen molar-refractivity contribution in [2.75, 3.05) is 13.6 Å². The Morgan fingerprint density at radius 2 is 2.00 bits per heavy atom. The van der Waals surface area contributed by atoms with Crippen LogP contribution < -0.4 is 5.32 Å². The van der Waals surface area contributed by atoms with Gasteiger partial charge in [0.05, 0.1) is 23.6 Å². The van der Waals surface area contributed by atoms with Crippen molar-refractivity contribution in [3.05, 3.63) is 35.4 Å². The van der Waals surface area contributed by atoms with Crippen molar-refractivity contribution >= 4 is 11.8 Å². The predicted molar refractivity (Wildman–Crippen MR) is 78.3 cm³/mol. The summed E-state index contributed by atoms with van der Waals surface area (Å²) < 4.78 is 38.1. The van der Waals surface area contributed by atoms with Gasteiger partial charge in [0.1, 0.15) is 6.54 Å². The first-order valence-electron chi connectivity index (χ1n) is 7.33. The van der Waals surface area contributed by atoms with Crippen LogP contribution in [-0.2, 0) is 15.8 Å². The molecule has 128 valence electrons. The summed E-state index contributed by atoms with van der Waals surface area (Å²) in [6, 6.07) is 5.58. The van der Waals surface area contributed by atoms with Crippen LogP contribution in [0.3, 0.4) is 0 Å². The molecule has 0 aliphatic carbocycles. The largest absolute Gasteiger partial charge is 0.416 e. The number of carbonyl (C=O) groups is 2. The van der Waals surface area contributed by atoms with Crippen LogP contribution in [-0.4, -0.2) is 30.3 Å². The highest BCUT2D eigenvalue weighted by Gasteiger charge is 2.39. The number of halogens is 3. The number of amides is 2. The summed E-state index contributed by atoms with van der Waals surface area (Å²) in [6.45, 7) is -0.160. The summed E-state index contributed by atoms with van der Waals surface area (Å²) >= 11 is 0. The Kier molecular flexibility index (Phi) is 5.12. The average Bonchev–Trinajstić information content (AvgIpc) is 2.54. The Morgan fingerprint density at radius 3 is 2.54 bits per heavy atom. The van der Waals surface area contributed by atoms with Gasteiger partial charge in [0.25, 0.3) is 0 Å². The molecule has 0 bridgehead atoms. The van der Waals surface area contributed by atoms with Crippen LogP contribution in [0.15, 0.2) is 24.3 Å². The maximum absolute atomic E-state index is 12.7. The zero-order valence-electron chi connectivity index (χ0n) is 12.9. The summed E-state index contributed by atoms with van der Waals surface area (Å²) in [5.41, 5.74) is -0.336. The number of hydrogen-bond acceptors (Lipinski definition) is 3. The van der Waals surface area contributed by atoms with Gasteiger partial charge >= 0.3 is 6.18 Å². The van der Waals surface area contributed by atoms with Crippen molar-refractivity contribution in [3.8, 4) is 6.07 Å². The van der Waals surface area contributed by atoms with E-state index in [-0.39, 0.29) is 31.2 Å². The van der Waals surface area contributed by atoms with E-state index in [1.54, 1.807) is 6.07 Å². The quantitative estimate of drug-likeness (QED) is 0.859. The lowest BCUT2D eigenvalue weighted by atomic mass is 9.83. The van der Waals surface area contributed by atoms with Crippen LogP contribution in [0, 0.1) is 17.2 Å². The number of nitrogens with one attached hydrogen (secondary N) is 1. The predicted octanol–water partition coefficient (Wildman–Crippen LogP) is 2.25. The maximum atomic E-state index is 12.7. The van der Waals surface area contributed by atoms with E-state index in [0.717, 1.165) is 12.1 Å². The van der Waals surface area contributed by atoms with Gasteiger partial charge in [-0.25, -0.2) is 0 Å². The molecule has 1 N–H and O–H groups in total. The topological polar surface area (TPSA) is 73.2 Å². The van der Waals surface area contributed by atoms with E-state index in [1.807, 2.05) is 0 Å². The highest BCUT2D eigenvalue weighted by Crippen LogP contribution is 2.37. The van der Waals surface area contributed by atoms with Crippen molar-refractivity contribution in [2.45, 2.75) is 25.1 Å². The number of carbonyl (C=O) groups excluding carboxylic acids is 2. The molecule has 0 radical (unpaired) electrons. The number of nitriles is 1. The highest BCUT2D eigenvalue weighted by molar-refractivity contribution is 5.85. The molecule has 1 aromatic carbocycles. The molecule has 8 heteroatoms. The molecule has 24 heavy (non-hydrogen) atoms. The Balaban J connectivity index is 2.32. The minimum Gasteiger partial charge on any atom is -0.343 e. The Labute approximate surface area is 137 Å². The van der Waals surface area contributed by atoms with Gasteiger partial charge in [-0.3, -0.25) is 9.59 Å². The molecule has 2 amide bonds. The molecular weight excluding hydrogens is 323 g/mol. The zero-order valence-corrected chi connectivity index (χ0v) is 12.9. The third kappa shape index (κ3) is 3.67.